The van der Waals surface area contributed by atoms with Gasteiger partial charge in [0.05, 0.1) is 12.2 Å². The summed E-state index contributed by atoms with van der Waals surface area (Å²) >= 11 is 7.42. The van der Waals surface area contributed by atoms with Gasteiger partial charge in [-0.3, -0.25) is 4.79 Å². The number of carbonyl (C=O) groups is 1. The number of aromatic nitrogens is 1. The quantitative estimate of drug-likeness (QED) is 0.937. The molecule has 0 unspecified atom stereocenters. The second-order valence-corrected chi connectivity index (χ2v) is 6.00. The van der Waals surface area contributed by atoms with Crippen LogP contribution >= 0.6 is 22.9 Å². The lowest BCUT2D eigenvalue weighted by Crippen LogP contribution is -2.23. The zero-order valence-electron chi connectivity index (χ0n) is 10.2. The van der Waals surface area contributed by atoms with Crippen LogP contribution in [0.5, 0.6) is 0 Å². The van der Waals surface area contributed by atoms with Crippen molar-refractivity contribution in [1.29, 1.82) is 0 Å². The third-order valence-corrected chi connectivity index (χ3v) is 4.15. The lowest BCUT2D eigenvalue weighted by molar-refractivity contribution is -0.122. The summed E-state index contributed by atoms with van der Waals surface area (Å²) in [4.78, 5) is 16.1. The highest BCUT2D eigenvalue weighted by Gasteiger charge is 2.29. The first-order valence-electron chi connectivity index (χ1n) is 6.20. The summed E-state index contributed by atoms with van der Waals surface area (Å²) in [6, 6.07) is 7.60. The maximum absolute atomic E-state index is 11.5. The molecule has 98 valence electrons. The van der Waals surface area contributed by atoms with E-state index in [1.54, 1.807) is 11.3 Å². The van der Waals surface area contributed by atoms with Crippen molar-refractivity contribution in [2.75, 3.05) is 0 Å². The molecule has 5 heteroatoms. The number of amides is 1. The van der Waals surface area contributed by atoms with Gasteiger partial charge in [0.15, 0.2) is 0 Å². The van der Waals surface area contributed by atoms with Gasteiger partial charge in [0, 0.05) is 21.9 Å². The van der Waals surface area contributed by atoms with Crippen LogP contribution in [0.25, 0.3) is 11.3 Å². The molecule has 1 aromatic carbocycles. The normalized spacial score (nSPS) is 14.4. The third kappa shape index (κ3) is 3.14. The smallest absolute Gasteiger partial charge is 0.223 e. The molecule has 1 N–H and O–H groups in total. The summed E-state index contributed by atoms with van der Waals surface area (Å²) < 4.78 is 0. The lowest BCUT2D eigenvalue weighted by Gasteiger charge is -2.00. The molecular formula is C14H13ClN2OS. The zero-order valence-corrected chi connectivity index (χ0v) is 11.8. The van der Waals surface area contributed by atoms with Crippen molar-refractivity contribution in [3.05, 3.63) is 39.7 Å². The maximum Gasteiger partial charge on any atom is 0.223 e. The Morgan fingerprint density at radius 2 is 2.11 bits per heavy atom. The Morgan fingerprint density at radius 1 is 1.37 bits per heavy atom. The summed E-state index contributed by atoms with van der Waals surface area (Å²) in [6.45, 7) is 0.521. The van der Waals surface area contributed by atoms with Crippen LogP contribution in [-0.4, -0.2) is 10.9 Å². The molecule has 1 aliphatic carbocycles. The van der Waals surface area contributed by atoms with Crippen LogP contribution in [0.4, 0.5) is 0 Å². The minimum Gasteiger partial charge on any atom is -0.349 e. The number of hydrogen-bond donors (Lipinski definition) is 1. The largest absolute Gasteiger partial charge is 0.349 e. The van der Waals surface area contributed by atoms with E-state index in [0.29, 0.717) is 6.54 Å². The molecule has 0 bridgehead atoms. The number of thiazole rings is 1. The van der Waals surface area contributed by atoms with Gasteiger partial charge in [-0.25, -0.2) is 4.98 Å². The number of nitrogens with one attached hydrogen (secondary N) is 1. The van der Waals surface area contributed by atoms with E-state index < -0.39 is 0 Å². The molecule has 0 atom stereocenters. The number of carbonyl (C=O) groups excluding carboxylic acids is 1. The Kier molecular flexibility index (Phi) is 3.53. The number of halogens is 1. The Labute approximate surface area is 120 Å². The van der Waals surface area contributed by atoms with Gasteiger partial charge in [-0.05, 0) is 25.0 Å². The molecule has 19 heavy (non-hydrogen) atoms. The van der Waals surface area contributed by atoms with Crippen LogP contribution in [0.2, 0.25) is 5.02 Å². The fourth-order valence-corrected chi connectivity index (χ4v) is 2.67. The van der Waals surface area contributed by atoms with Gasteiger partial charge in [-0.15, -0.1) is 11.3 Å². The zero-order chi connectivity index (χ0) is 13.2. The van der Waals surface area contributed by atoms with Crippen molar-refractivity contribution in [2.45, 2.75) is 19.4 Å². The summed E-state index contributed by atoms with van der Waals surface area (Å²) in [5, 5.41) is 6.57. The monoisotopic (exact) mass is 292 g/mol. The second-order valence-electron chi connectivity index (χ2n) is 4.63. The van der Waals surface area contributed by atoms with E-state index in [9.17, 15) is 4.79 Å². The molecular weight excluding hydrogens is 280 g/mol. The first kappa shape index (κ1) is 12.6. The van der Waals surface area contributed by atoms with E-state index in [-0.39, 0.29) is 11.8 Å². The van der Waals surface area contributed by atoms with E-state index in [1.807, 2.05) is 29.6 Å². The van der Waals surface area contributed by atoms with Crippen molar-refractivity contribution in [3.8, 4) is 11.3 Å². The number of benzene rings is 1. The second kappa shape index (κ2) is 5.31. The highest BCUT2D eigenvalue weighted by Crippen LogP contribution is 2.29. The van der Waals surface area contributed by atoms with Gasteiger partial charge in [0.25, 0.3) is 0 Å². The SMILES string of the molecule is O=C(NCc1nc(-c2ccc(Cl)cc2)cs1)C1CC1. The van der Waals surface area contributed by atoms with Crippen LogP contribution < -0.4 is 5.32 Å². The van der Waals surface area contributed by atoms with Crippen LogP contribution in [0, 0.1) is 5.92 Å². The summed E-state index contributed by atoms with van der Waals surface area (Å²) in [5.41, 5.74) is 1.97. The van der Waals surface area contributed by atoms with Crippen molar-refractivity contribution in [3.63, 3.8) is 0 Å². The minimum atomic E-state index is 0.156. The Morgan fingerprint density at radius 3 is 2.79 bits per heavy atom. The van der Waals surface area contributed by atoms with Gasteiger partial charge < -0.3 is 5.32 Å². The molecule has 0 spiro atoms. The van der Waals surface area contributed by atoms with Crippen LogP contribution in [0.1, 0.15) is 17.8 Å². The van der Waals surface area contributed by atoms with Crippen molar-refractivity contribution in [1.82, 2.24) is 10.3 Å². The molecule has 1 aromatic heterocycles. The molecule has 1 amide bonds. The van der Waals surface area contributed by atoms with Crippen molar-refractivity contribution >= 4 is 28.8 Å². The standard InChI is InChI=1S/C14H13ClN2OS/c15-11-5-3-9(4-6-11)12-8-19-13(17-12)7-16-14(18)10-1-2-10/h3-6,8,10H,1-2,7H2,(H,16,18). The first-order chi connectivity index (χ1) is 9.22. The topological polar surface area (TPSA) is 42.0 Å². The number of rotatable bonds is 4. The van der Waals surface area contributed by atoms with Crippen molar-refractivity contribution in [2.24, 2.45) is 5.92 Å². The van der Waals surface area contributed by atoms with E-state index >= 15 is 0 Å². The van der Waals surface area contributed by atoms with Gasteiger partial charge in [0.2, 0.25) is 5.91 Å². The molecule has 3 rings (SSSR count). The van der Waals surface area contributed by atoms with E-state index in [1.165, 1.54) is 0 Å². The van der Waals surface area contributed by atoms with Gasteiger partial charge in [-0.1, -0.05) is 23.7 Å². The highest BCUT2D eigenvalue weighted by molar-refractivity contribution is 7.09. The van der Waals surface area contributed by atoms with E-state index in [0.717, 1.165) is 34.1 Å². The highest BCUT2D eigenvalue weighted by atomic mass is 35.5. The van der Waals surface area contributed by atoms with Crippen molar-refractivity contribution < 1.29 is 4.79 Å². The van der Waals surface area contributed by atoms with Gasteiger partial charge in [0.1, 0.15) is 5.01 Å². The van der Waals surface area contributed by atoms with E-state index in [4.69, 9.17) is 11.6 Å². The molecule has 0 saturated heterocycles. The third-order valence-electron chi connectivity index (χ3n) is 3.05. The fraction of sp³-hybridized carbons (Fsp3) is 0.286. The molecule has 0 radical (unpaired) electrons. The maximum atomic E-state index is 11.5. The molecule has 0 aliphatic heterocycles. The number of nitrogens with zero attached hydrogens (tertiary/aromatic N) is 1. The van der Waals surface area contributed by atoms with Crippen LogP contribution in [0.3, 0.4) is 0 Å². The molecule has 2 aromatic rings. The van der Waals surface area contributed by atoms with Gasteiger partial charge in [-0.2, -0.15) is 0 Å². The fourth-order valence-electron chi connectivity index (χ4n) is 1.80. The predicted molar refractivity (Wildman–Crippen MR) is 77.1 cm³/mol. The summed E-state index contributed by atoms with van der Waals surface area (Å²) in [7, 11) is 0. The average Bonchev–Trinajstić information content (AvgIpc) is 3.16. The minimum absolute atomic E-state index is 0.156. The number of hydrogen-bond acceptors (Lipinski definition) is 3. The van der Waals surface area contributed by atoms with Gasteiger partial charge >= 0.3 is 0 Å². The molecule has 1 heterocycles. The average molecular weight is 293 g/mol. The summed E-state index contributed by atoms with van der Waals surface area (Å²) in [5.74, 6) is 0.402. The van der Waals surface area contributed by atoms with E-state index in [2.05, 4.69) is 10.3 Å². The summed E-state index contributed by atoms with van der Waals surface area (Å²) in [6.07, 6.45) is 2.06. The molecule has 3 nitrogen and oxygen atoms in total. The Hall–Kier alpha value is -1.39. The van der Waals surface area contributed by atoms with Crippen LogP contribution in [-0.2, 0) is 11.3 Å². The van der Waals surface area contributed by atoms with Crippen LogP contribution in [0.15, 0.2) is 29.6 Å². The Bertz CT molecular complexity index is 590. The molecule has 1 fully saturated rings. The predicted octanol–water partition coefficient (Wildman–Crippen LogP) is 3.49. The molecule has 1 aliphatic rings. The lowest BCUT2D eigenvalue weighted by atomic mass is 10.2. The molecule has 1 saturated carbocycles. The Balaban J connectivity index is 1.65. The first-order valence-corrected chi connectivity index (χ1v) is 7.46.